The van der Waals surface area contributed by atoms with Gasteiger partial charge < -0.3 is 28.1 Å². The van der Waals surface area contributed by atoms with Crippen molar-refractivity contribution in [3.8, 4) is 95.3 Å². The van der Waals surface area contributed by atoms with Gasteiger partial charge in [-0.15, -0.1) is 0 Å². The van der Waals surface area contributed by atoms with Crippen LogP contribution < -0.4 is 14.4 Å². The molecule has 0 aliphatic rings. The Labute approximate surface area is 587 Å². The number of hydrogen-bond acceptors (Lipinski definition) is 6. The first kappa shape index (κ1) is 59.2. The second-order valence-electron chi connectivity index (χ2n) is 25.7. The number of ether oxygens (including phenoxy) is 2. The van der Waals surface area contributed by atoms with Gasteiger partial charge >= 0.3 is 0 Å². The van der Waals surface area contributed by atoms with Crippen LogP contribution in [0, 0.1) is 0 Å². The van der Waals surface area contributed by atoms with Crippen molar-refractivity contribution in [3.63, 3.8) is 0 Å². The van der Waals surface area contributed by atoms with Crippen LogP contribution in [0.1, 0.15) is 0 Å². The van der Waals surface area contributed by atoms with E-state index in [0.717, 1.165) is 112 Å². The molecule has 15 aromatic carbocycles. The molecule has 0 saturated carbocycles. The van der Waals surface area contributed by atoms with Gasteiger partial charge in [-0.05, 0) is 207 Å². The largest absolute Gasteiger partial charge is 0.497 e. The Hall–Kier alpha value is -13.1. The number of nitrogens with zero attached hydrogens (tertiary/aromatic N) is 6. The molecule has 101 heavy (non-hydrogen) atoms. The standard InChI is InChI=1S/C92H62N6O2S/c1-99-75-49-35-64(36-50-75)63-27-39-70(40-28-63)95(71-47-51-76(100-2)52-48-71)90-56-53-77(91-92(90)94-101-93-91)67-33-45-74(46-34-67)98-88-54-37-68(65-23-19-59(20-24-65)61-29-41-72(42-30-61)96-84-15-7-3-11-78(84)79-12-4-8-16-85(79)96)57-82(88)83-58-69(38-55-89(83)98)66-25-21-60(22-26-66)62-31-43-73(44-32-62)97-86-17-9-5-13-80(86)81-14-6-10-18-87(81)97/h3-58H,1-2H3. The summed E-state index contributed by atoms with van der Waals surface area (Å²) in [5, 5.41) is 7.39. The summed E-state index contributed by atoms with van der Waals surface area (Å²) in [5.41, 5.74) is 28.5. The zero-order chi connectivity index (χ0) is 67.1. The van der Waals surface area contributed by atoms with Crippen molar-refractivity contribution in [1.29, 1.82) is 0 Å². The van der Waals surface area contributed by atoms with E-state index in [9.17, 15) is 0 Å². The summed E-state index contributed by atoms with van der Waals surface area (Å²) in [4.78, 5) is 2.25. The highest BCUT2D eigenvalue weighted by Crippen LogP contribution is 2.45. The van der Waals surface area contributed by atoms with Crippen LogP contribution in [0.15, 0.2) is 340 Å². The molecule has 9 heteroatoms. The number of rotatable bonds is 14. The lowest BCUT2D eigenvalue weighted by molar-refractivity contribution is 0.415. The Morgan fingerprint density at radius 3 is 0.931 bits per heavy atom. The van der Waals surface area contributed by atoms with E-state index in [2.05, 4.69) is 334 Å². The van der Waals surface area contributed by atoms with Crippen LogP contribution in [-0.2, 0) is 0 Å². The first-order valence-electron chi connectivity index (χ1n) is 34.0. The van der Waals surface area contributed by atoms with Crippen molar-refractivity contribution in [2.24, 2.45) is 0 Å². The van der Waals surface area contributed by atoms with Crippen LogP contribution in [0.3, 0.4) is 0 Å². The molecule has 0 unspecified atom stereocenters. The Balaban J connectivity index is 0.664. The van der Waals surface area contributed by atoms with Crippen LogP contribution in [-0.4, -0.2) is 36.7 Å². The second kappa shape index (κ2) is 24.5. The summed E-state index contributed by atoms with van der Waals surface area (Å²) in [6, 6.07) is 123. The molecule has 0 atom stereocenters. The van der Waals surface area contributed by atoms with Gasteiger partial charge in [0.05, 0.1) is 64.7 Å². The number of para-hydroxylation sites is 4. The van der Waals surface area contributed by atoms with E-state index in [1.165, 1.54) is 88.4 Å². The normalized spacial score (nSPS) is 11.7. The highest BCUT2D eigenvalue weighted by atomic mass is 32.1. The number of hydrogen-bond donors (Lipinski definition) is 0. The number of methoxy groups -OCH3 is 2. The lowest BCUT2D eigenvalue weighted by Gasteiger charge is -2.26. The van der Waals surface area contributed by atoms with E-state index in [1.54, 1.807) is 14.2 Å². The summed E-state index contributed by atoms with van der Waals surface area (Å²) < 4.78 is 28.2. The van der Waals surface area contributed by atoms with Gasteiger partial charge in [-0.25, -0.2) is 0 Å². The summed E-state index contributed by atoms with van der Waals surface area (Å²) in [6.07, 6.45) is 0. The lowest BCUT2D eigenvalue weighted by Crippen LogP contribution is -2.10. The van der Waals surface area contributed by atoms with Crippen LogP contribution in [0.4, 0.5) is 17.1 Å². The fraction of sp³-hybridized carbons (Fsp3) is 0.0217. The fourth-order valence-electron chi connectivity index (χ4n) is 15.2. The third kappa shape index (κ3) is 10.2. The van der Waals surface area contributed by atoms with Gasteiger partial charge in [0.2, 0.25) is 0 Å². The first-order chi connectivity index (χ1) is 50.0. The quantitative estimate of drug-likeness (QED) is 0.109. The van der Waals surface area contributed by atoms with E-state index in [0.29, 0.717) is 0 Å². The molecule has 0 spiro atoms. The lowest BCUT2D eigenvalue weighted by atomic mass is 9.97. The minimum atomic E-state index is 0.784. The predicted octanol–water partition coefficient (Wildman–Crippen LogP) is 24.5. The highest BCUT2D eigenvalue weighted by molar-refractivity contribution is 7.00. The average Bonchev–Trinajstić information content (AvgIpc) is 1.62. The van der Waals surface area contributed by atoms with E-state index in [4.69, 9.17) is 18.2 Å². The third-order valence-corrected chi connectivity index (χ3v) is 20.8. The molecule has 0 saturated heterocycles. The van der Waals surface area contributed by atoms with Crippen molar-refractivity contribution in [2.45, 2.75) is 0 Å². The van der Waals surface area contributed by atoms with Crippen LogP contribution in [0.5, 0.6) is 11.5 Å². The van der Waals surface area contributed by atoms with Crippen molar-refractivity contribution in [1.82, 2.24) is 22.4 Å². The van der Waals surface area contributed by atoms with Crippen LogP contribution in [0.25, 0.3) is 160 Å². The molecule has 0 fully saturated rings. The monoisotopic (exact) mass is 1310 g/mol. The molecule has 0 radical (unpaired) electrons. The predicted molar refractivity (Wildman–Crippen MR) is 421 cm³/mol. The minimum Gasteiger partial charge on any atom is -0.497 e. The molecular formula is C92H62N6O2S. The van der Waals surface area contributed by atoms with Crippen LogP contribution in [0.2, 0.25) is 0 Å². The number of benzene rings is 15. The third-order valence-electron chi connectivity index (χ3n) is 20.2. The average molecular weight is 1320 g/mol. The van der Waals surface area contributed by atoms with E-state index in [-0.39, 0.29) is 0 Å². The maximum Gasteiger partial charge on any atom is 0.129 e. The van der Waals surface area contributed by atoms with Gasteiger partial charge in [0.15, 0.2) is 0 Å². The Bertz CT molecular complexity index is 5990. The molecule has 4 aromatic heterocycles. The molecular weight excluding hydrogens is 1250 g/mol. The minimum absolute atomic E-state index is 0.784. The van der Waals surface area contributed by atoms with Crippen LogP contribution >= 0.6 is 11.7 Å². The van der Waals surface area contributed by atoms with E-state index in [1.807, 2.05) is 24.3 Å². The Kier molecular flexibility index (Phi) is 14.3. The summed E-state index contributed by atoms with van der Waals surface area (Å²) in [7, 11) is 3.38. The maximum atomic E-state index is 5.61. The first-order valence-corrected chi connectivity index (χ1v) is 34.7. The summed E-state index contributed by atoms with van der Waals surface area (Å²) in [6.45, 7) is 0. The van der Waals surface area contributed by atoms with Gasteiger partial charge in [0.1, 0.15) is 22.5 Å². The molecule has 0 N–H and O–H groups in total. The van der Waals surface area contributed by atoms with Crippen molar-refractivity contribution >= 4 is 105 Å². The SMILES string of the molecule is COc1ccc(-c2ccc(N(c3ccc(OC)cc3)c3ccc(-c4ccc(-n5c6ccc(-c7ccc(-c8ccc(-n9c%10ccccc%10c%10ccccc%109)cc8)cc7)cc6c6cc(-c7ccc(-c8ccc(-n9c%10ccccc%10c%10ccccc%109)cc8)cc7)ccc65)cc4)c4nsnc34)cc2)cc1. The number of anilines is 3. The molecule has 19 rings (SSSR count). The molecule has 0 amide bonds. The van der Waals surface area contributed by atoms with Gasteiger partial charge in [-0.3, -0.25) is 0 Å². The molecule has 0 aliphatic carbocycles. The topological polar surface area (TPSA) is 62.3 Å². The fourth-order valence-corrected chi connectivity index (χ4v) is 15.7. The Morgan fingerprint density at radius 1 is 0.257 bits per heavy atom. The van der Waals surface area contributed by atoms with Gasteiger partial charge in [-0.2, -0.15) is 8.75 Å². The maximum absolute atomic E-state index is 5.61. The van der Waals surface area contributed by atoms with Crippen molar-refractivity contribution in [2.75, 3.05) is 19.1 Å². The molecule has 4 heterocycles. The zero-order valence-corrected chi connectivity index (χ0v) is 56.1. The molecule has 0 aliphatic heterocycles. The smallest absolute Gasteiger partial charge is 0.129 e. The van der Waals surface area contributed by atoms with Crippen molar-refractivity contribution in [3.05, 3.63) is 340 Å². The van der Waals surface area contributed by atoms with Gasteiger partial charge in [-0.1, -0.05) is 194 Å². The molecule has 8 nitrogen and oxygen atoms in total. The second-order valence-corrected chi connectivity index (χ2v) is 26.3. The highest BCUT2D eigenvalue weighted by Gasteiger charge is 2.23. The summed E-state index contributed by atoms with van der Waals surface area (Å²) >= 11 is 1.23. The number of fused-ring (bicyclic) bond motifs is 10. The van der Waals surface area contributed by atoms with Gasteiger partial charge in [0.25, 0.3) is 0 Å². The van der Waals surface area contributed by atoms with E-state index >= 15 is 0 Å². The van der Waals surface area contributed by atoms with E-state index < -0.39 is 0 Å². The van der Waals surface area contributed by atoms with Crippen molar-refractivity contribution < 1.29 is 9.47 Å². The summed E-state index contributed by atoms with van der Waals surface area (Å²) in [5.74, 6) is 1.61. The molecule has 0 bridgehead atoms. The Morgan fingerprint density at radius 2 is 0.545 bits per heavy atom. The molecule has 19 aromatic rings. The number of aromatic nitrogens is 5. The van der Waals surface area contributed by atoms with Gasteiger partial charge in [0, 0.05) is 66.3 Å². The zero-order valence-electron chi connectivity index (χ0n) is 55.2. The molecule has 478 valence electrons.